The van der Waals surface area contributed by atoms with Crippen molar-refractivity contribution in [2.45, 2.75) is 6.42 Å². The first-order valence-corrected chi connectivity index (χ1v) is 7.25. The van der Waals surface area contributed by atoms with Crippen molar-refractivity contribution in [3.8, 4) is 11.5 Å². The molecule has 0 fully saturated rings. The van der Waals surface area contributed by atoms with Gasteiger partial charge in [0.25, 0.3) is 5.69 Å². The summed E-state index contributed by atoms with van der Waals surface area (Å²) >= 11 is 0. The molecule has 7 nitrogen and oxygen atoms in total. The highest BCUT2D eigenvalue weighted by Crippen LogP contribution is 2.19. The molecule has 2 rings (SSSR count). The van der Waals surface area contributed by atoms with Gasteiger partial charge >= 0.3 is 5.97 Å². The third-order valence-electron chi connectivity index (χ3n) is 3.20. The first-order valence-electron chi connectivity index (χ1n) is 7.25. The van der Waals surface area contributed by atoms with Crippen LogP contribution in [-0.2, 0) is 16.0 Å². The van der Waals surface area contributed by atoms with Crippen molar-refractivity contribution in [1.82, 2.24) is 0 Å². The van der Waals surface area contributed by atoms with Crippen molar-refractivity contribution < 1.29 is 23.9 Å². The Morgan fingerprint density at radius 1 is 1.04 bits per heavy atom. The lowest BCUT2D eigenvalue weighted by molar-refractivity contribution is -0.385. The van der Waals surface area contributed by atoms with E-state index < -0.39 is 10.9 Å². The van der Waals surface area contributed by atoms with Gasteiger partial charge in [0.15, 0.2) is 0 Å². The number of hydrogen-bond donors (Lipinski definition) is 0. The fourth-order valence-electron chi connectivity index (χ4n) is 2.03. The fourth-order valence-corrected chi connectivity index (χ4v) is 2.03. The van der Waals surface area contributed by atoms with Gasteiger partial charge in [-0.15, -0.1) is 0 Å². The lowest BCUT2D eigenvalue weighted by Crippen LogP contribution is -2.14. The molecule has 0 aliphatic carbocycles. The van der Waals surface area contributed by atoms with Crippen LogP contribution in [0, 0.1) is 10.1 Å². The highest BCUT2D eigenvalue weighted by atomic mass is 16.6. The molecule has 2 aromatic carbocycles. The Bertz CT molecular complexity index is 698. The minimum absolute atomic E-state index is 0.0610. The number of ether oxygens (including phenoxy) is 3. The Morgan fingerprint density at radius 2 is 1.71 bits per heavy atom. The minimum Gasteiger partial charge on any atom is -0.497 e. The van der Waals surface area contributed by atoms with Crippen LogP contribution in [0.15, 0.2) is 48.5 Å². The molecule has 7 heteroatoms. The monoisotopic (exact) mass is 331 g/mol. The Morgan fingerprint density at radius 3 is 2.38 bits per heavy atom. The number of esters is 1. The normalized spacial score (nSPS) is 10.0. The topological polar surface area (TPSA) is 87.9 Å². The Labute approximate surface area is 138 Å². The summed E-state index contributed by atoms with van der Waals surface area (Å²) < 4.78 is 15.5. The molecular formula is C17H17NO6. The van der Waals surface area contributed by atoms with E-state index in [4.69, 9.17) is 14.2 Å². The molecular weight excluding hydrogens is 314 g/mol. The number of rotatable bonds is 8. The lowest BCUT2D eigenvalue weighted by Gasteiger charge is -2.08. The molecule has 0 radical (unpaired) electrons. The van der Waals surface area contributed by atoms with Gasteiger partial charge < -0.3 is 14.2 Å². The summed E-state index contributed by atoms with van der Waals surface area (Å²) in [5, 5.41) is 10.9. The minimum atomic E-state index is -0.539. The van der Waals surface area contributed by atoms with E-state index in [1.165, 1.54) is 12.1 Å². The molecule has 0 saturated heterocycles. The number of para-hydroxylation sites is 1. The van der Waals surface area contributed by atoms with E-state index in [2.05, 4.69) is 0 Å². The van der Waals surface area contributed by atoms with E-state index in [9.17, 15) is 14.9 Å². The van der Waals surface area contributed by atoms with Gasteiger partial charge in [-0.1, -0.05) is 18.2 Å². The van der Waals surface area contributed by atoms with E-state index in [0.29, 0.717) is 11.3 Å². The third-order valence-corrected chi connectivity index (χ3v) is 3.20. The fraction of sp³-hybridized carbons (Fsp3) is 0.235. The molecule has 0 atom stereocenters. The van der Waals surface area contributed by atoms with Crippen LogP contribution in [0.2, 0.25) is 0 Å². The van der Waals surface area contributed by atoms with Crippen LogP contribution in [0.4, 0.5) is 5.69 Å². The molecule has 0 unspecified atom stereocenters. The van der Waals surface area contributed by atoms with Crippen molar-refractivity contribution in [3.05, 3.63) is 64.2 Å². The van der Waals surface area contributed by atoms with Crippen LogP contribution in [0.5, 0.6) is 11.5 Å². The van der Waals surface area contributed by atoms with E-state index in [-0.39, 0.29) is 25.3 Å². The molecule has 24 heavy (non-hydrogen) atoms. The zero-order chi connectivity index (χ0) is 17.4. The largest absolute Gasteiger partial charge is 0.497 e. The number of benzene rings is 2. The maximum Gasteiger partial charge on any atom is 0.310 e. The van der Waals surface area contributed by atoms with Crippen molar-refractivity contribution in [2.75, 3.05) is 20.3 Å². The van der Waals surface area contributed by atoms with Gasteiger partial charge in [-0.3, -0.25) is 14.9 Å². The van der Waals surface area contributed by atoms with Crippen LogP contribution in [-0.4, -0.2) is 31.2 Å². The molecule has 126 valence electrons. The number of carbonyl (C=O) groups is 1. The molecule has 0 aliphatic heterocycles. The highest BCUT2D eigenvalue weighted by Gasteiger charge is 2.16. The predicted molar refractivity (Wildman–Crippen MR) is 86.2 cm³/mol. The van der Waals surface area contributed by atoms with Crippen LogP contribution in [0.1, 0.15) is 5.56 Å². The Hall–Kier alpha value is -3.09. The van der Waals surface area contributed by atoms with Crippen molar-refractivity contribution in [3.63, 3.8) is 0 Å². The molecule has 2 aromatic rings. The molecule has 0 N–H and O–H groups in total. The van der Waals surface area contributed by atoms with Gasteiger partial charge in [-0.25, -0.2) is 0 Å². The summed E-state index contributed by atoms with van der Waals surface area (Å²) in [5.41, 5.74) is 0.229. The Kier molecular flexibility index (Phi) is 6.13. The van der Waals surface area contributed by atoms with Crippen LogP contribution in [0.3, 0.4) is 0 Å². The average Bonchev–Trinajstić information content (AvgIpc) is 2.59. The van der Waals surface area contributed by atoms with Crippen LogP contribution in [0.25, 0.3) is 0 Å². The number of carbonyl (C=O) groups excluding carboxylic acids is 1. The van der Waals surface area contributed by atoms with Crippen molar-refractivity contribution in [1.29, 1.82) is 0 Å². The summed E-state index contributed by atoms with van der Waals surface area (Å²) in [6, 6.07) is 13.1. The molecule has 0 amide bonds. The highest BCUT2D eigenvalue weighted by molar-refractivity contribution is 5.74. The van der Waals surface area contributed by atoms with Crippen LogP contribution < -0.4 is 9.47 Å². The first-order chi connectivity index (χ1) is 11.6. The van der Waals surface area contributed by atoms with Gasteiger partial charge in [-0.2, -0.15) is 0 Å². The lowest BCUT2D eigenvalue weighted by atomic mass is 10.1. The SMILES string of the molecule is COc1ccc(OCCOC(=O)Cc2ccccc2[N+](=O)[O-])cc1. The standard InChI is InChI=1S/C17H17NO6/c1-22-14-6-8-15(9-7-14)23-10-11-24-17(19)12-13-4-2-3-5-16(13)18(20)21/h2-9H,10-12H2,1H3. The molecule has 0 heterocycles. The van der Waals surface area contributed by atoms with E-state index in [0.717, 1.165) is 5.75 Å². The molecule has 0 aromatic heterocycles. The number of nitro groups is 1. The second-order valence-electron chi connectivity index (χ2n) is 4.81. The second kappa shape index (κ2) is 8.52. The summed E-state index contributed by atoms with van der Waals surface area (Å²) in [7, 11) is 1.58. The third kappa shape index (κ3) is 4.98. The zero-order valence-electron chi connectivity index (χ0n) is 13.1. The maximum atomic E-state index is 11.8. The first kappa shape index (κ1) is 17.3. The van der Waals surface area contributed by atoms with Gasteiger partial charge in [0, 0.05) is 11.6 Å². The number of nitro benzene ring substituents is 1. The molecule has 0 bridgehead atoms. The molecule has 0 aliphatic rings. The summed E-state index contributed by atoms with van der Waals surface area (Å²) in [6.45, 7) is 0.250. The van der Waals surface area contributed by atoms with E-state index >= 15 is 0 Å². The van der Waals surface area contributed by atoms with E-state index in [1.54, 1.807) is 43.5 Å². The molecule has 0 spiro atoms. The quantitative estimate of drug-likeness (QED) is 0.320. The second-order valence-corrected chi connectivity index (χ2v) is 4.81. The summed E-state index contributed by atoms with van der Waals surface area (Å²) in [5.74, 6) is 0.811. The molecule has 0 saturated carbocycles. The number of methoxy groups -OCH3 is 1. The van der Waals surface area contributed by atoms with E-state index in [1.807, 2.05) is 0 Å². The average molecular weight is 331 g/mol. The predicted octanol–water partition coefficient (Wildman–Crippen LogP) is 2.77. The summed E-state index contributed by atoms with van der Waals surface area (Å²) in [4.78, 5) is 22.1. The van der Waals surface area contributed by atoms with Gasteiger partial charge in [0.1, 0.15) is 24.7 Å². The van der Waals surface area contributed by atoms with Crippen molar-refractivity contribution in [2.24, 2.45) is 0 Å². The summed E-state index contributed by atoms with van der Waals surface area (Å²) in [6.07, 6.45) is -0.153. The van der Waals surface area contributed by atoms with Gasteiger partial charge in [0.2, 0.25) is 0 Å². The van der Waals surface area contributed by atoms with Crippen LogP contribution >= 0.6 is 0 Å². The van der Waals surface area contributed by atoms with Gasteiger partial charge in [0.05, 0.1) is 18.5 Å². The number of hydrogen-bond acceptors (Lipinski definition) is 6. The Balaban J connectivity index is 1.76. The number of nitrogens with zero attached hydrogens (tertiary/aromatic N) is 1. The van der Waals surface area contributed by atoms with Crippen molar-refractivity contribution >= 4 is 11.7 Å². The smallest absolute Gasteiger partial charge is 0.310 e. The van der Waals surface area contributed by atoms with Gasteiger partial charge in [-0.05, 0) is 24.3 Å². The zero-order valence-corrected chi connectivity index (χ0v) is 13.1. The maximum absolute atomic E-state index is 11.8.